The fraction of sp³-hybridized carbons (Fsp3) is 0.435. The van der Waals surface area contributed by atoms with Crippen molar-refractivity contribution in [3.8, 4) is 0 Å². The van der Waals surface area contributed by atoms with Crippen molar-refractivity contribution < 1.29 is 9.72 Å². The molecule has 2 aliphatic heterocycles. The Balaban J connectivity index is 1.42. The fourth-order valence-electron chi connectivity index (χ4n) is 4.43. The van der Waals surface area contributed by atoms with E-state index in [0.717, 1.165) is 37.6 Å². The first-order chi connectivity index (χ1) is 15.4. The molecule has 0 atom stereocenters. The van der Waals surface area contributed by atoms with E-state index in [1.54, 1.807) is 18.2 Å². The van der Waals surface area contributed by atoms with E-state index in [2.05, 4.69) is 22.2 Å². The summed E-state index contributed by atoms with van der Waals surface area (Å²) in [6.45, 7) is 4.94. The third-order valence-corrected chi connectivity index (χ3v) is 6.58. The van der Waals surface area contributed by atoms with Gasteiger partial charge in [0.2, 0.25) is 5.91 Å². The summed E-state index contributed by atoms with van der Waals surface area (Å²) in [6, 6.07) is 12.4. The molecular weight excluding hydrogens is 430 g/mol. The largest absolute Gasteiger partial charge is 0.367 e. The highest BCUT2D eigenvalue weighted by Crippen LogP contribution is 2.33. The van der Waals surface area contributed by atoms with Crippen molar-refractivity contribution >= 4 is 40.3 Å². The highest BCUT2D eigenvalue weighted by Gasteiger charge is 2.29. The van der Waals surface area contributed by atoms with Gasteiger partial charge >= 0.3 is 0 Å². The van der Waals surface area contributed by atoms with Crippen LogP contribution in [0.1, 0.15) is 12.8 Å². The normalized spacial score (nSPS) is 17.9. The van der Waals surface area contributed by atoms with Gasteiger partial charge < -0.3 is 20.0 Å². The SMILES string of the molecule is CN1CCN(c2ccc(Cl)cc2NC(=O)C2CCN(c3ccccc3[N+](=O)[O-])CC2)CC1. The van der Waals surface area contributed by atoms with Crippen LogP contribution in [0.15, 0.2) is 42.5 Å². The zero-order valence-corrected chi connectivity index (χ0v) is 18.9. The number of nitro benzene ring substituents is 1. The fourth-order valence-corrected chi connectivity index (χ4v) is 4.61. The predicted octanol–water partition coefficient (Wildman–Crippen LogP) is 3.86. The van der Waals surface area contributed by atoms with Crippen LogP contribution in [0.4, 0.5) is 22.7 Å². The van der Waals surface area contributed by atoms with E-state index in [4.69, 9.17) is 11.6 Å². The lowest BCUT2D eigenvalue weighted by Gasteiger charge is -2.35. The number of halogens is 1. The smallest absolute Gasteiger partial charge is 0.292 e. The summed E-state index contributed by atoms with van der Waals surface area (Å²) in [5, 5.41) is 15.0. The second kappa shape index (κ2) is 9.75. The van der Waals surface area contributed by atoms with E-state index >= 15 is 0 Å². The topological polar surface area (TPSA) is 82.0 Å². The molecule has 8 nitrogen and oxygen atoms in total. The number of rotatable bonds is 5. The molecule has 0 aliphatic carbocycles. The number of para-hydroxylation sites is 2. The minimum absolute atomic E-state index is 0.0233. The number of hydrogen-bond acceptors (Lipinski definition) is 6. The molecule has 170 valence electrons. The Bertz CT molecular complexity index is 985. The third-order valence-electron chi connectivity index (χ3n) is 6.35. The summed E-state index contributed by atoms with van der Waals surface area (Å²) in [6.07, 6.45) is 1.28. The Morgan fingerprint density at radius 1 is 1.00 bits per heavy atom. The van der Waals surface area contributed by atoms with E-state index in [9.17, 15) is 14.9 Å². The predicted molar refractivity (Wildman–Crippen MR) is 128 cm³/mol. The van der Waals surface area contributed by atoms with Gasteiger partial charge in [-0.2, -0.15) is 0 Å². The van der Waals surface area contributed by atoms with Crippen LogP contribution in [-0.2, 0) is 4.79 Å². The number of nitro groups is 1. The summed E-state index contributed by atoms with van der Waals surface area (Å²) in [7, 11) is 2.11. The zero-order valence-electron chi connectivity index (χ0n) is 18.2. The Labute approximate surface area is 192 Å². The van der Waals surface area contributed by atoms with Gasteiger partial charge in [0, 0.05) is 56.3 Å². The summed E-state index contributed by atoms with van der Waals surface area (Å²) in [5.41, 5.74) is 2.45. The number of anilines is 3. The molecular formula is C23H28ClN5O3. The number of carbonyl (C=O) groups is 1. The molecule has 4 rings (SSSR count). The van der Waals surface area contributed by atoms with E-state index < -0.39 is 0 Å². The molecule has 1 amide bonds. The van der Waals surface area contributed by atoms with E-state index in [-0.39, 0.29) is 22.4 Å². The van der Waals surface area contributed by atoms with Crippen molar-refractivity contribution in [1.29, 1.82) is 0 Å². The van der Waals surface area contributed by atoms with E-state index in [1.807, 2.05) is 23.1 Å². The number of benzene rings is 2. The number of nitrogens with zero attached hydrogens (tertiary/aromatic N) is 4. The van der Waals surface area contributed by atoms with Crippen LogP contribution in [0.5, 0.6) is 0 Å². The average molecular weight is 458 g/mol. The van der Waals surface area contributed by atoms with Gasteiger partial charge in [-0.05, 0) is 44.2 Å². The number of carbonyl (C=O) groups excluding carboxylic acids is 1. The minimum Gasteiger partial charge on any atom is -0.367 e. The average Bonchev–Trinajstić information content (AvgIpc) is 2.80. The molecule has 1 N–H and O–H groups in total. The number of nitrogens with one attached hydrogen (secondary N) is 1. The number of hydrogen-bond donors (Lipinski definition) is 1. The standard InChI is InChI=1S/C23H28ClN5O3/c1-26-12-14-28(15-13-26)20-7-6-18(24)16-19(20)25-23(30)17-8-10-27(11-9-17)21-4-2-3-5-22(21)29(31)32/h2-7,16-17H,8-15H2,1H3,(H,25,30). The highest BCUT2D eigenvalue weighted by molar-refractivity contribution is 6.31. The van der Waals surface area contributed by atoms with Gasteiger partial charge in [-0.3, -0.25) is 14.9 Å². The quantitative estimate of drug-likeness (QED) is 0.542. The van der Waals surface area contributed by atoms with Crippen molar-refractivity contribution in [2.24, 2.45) is 5.92 Å². The molecule has 0 bridgehead atoms. The molecule has 32 heavy (non-hydrogen) atoms. The molecule has 2 heterocycles. The van der Waals surface area contributed by atoms with Crippen LogP contribution in [-0.4, -0.2) is 62.0 Å². The first kappa shape index (κ1) is 22.4. The molecule has 0 spiro atoms. The van der Waals surface area contributed by atoms with Gasteiger partial charge in [0.15, 0.2) is 0 Å². The molecule has 2 saturated heterocycles. The molecule has 0 saturated carbocycles. The third kappa shape index (κ3) is 4.97. The maximum Gasteiger partial charge on any atom is 0.292 e. The van der Waals surface area contributed by atoms with E-state index in [1.165, 1.54) is 6.07 Å². The zero-order chi connectivity index (χ0) is 22.7. The monoisotopic (exact) mass is 457 g/mol. The van der Waals surface area contributed by atoms with Gasteiger partial charge in [-0.15, -0.1) is 0 Å². The first-order valence-electron chi connectivity index (χ1n) is 10.9. The van der Waals surface area contributed by atoms with Crippen molar-refractivity contribution in [3.05, 3.63) is 57.6 Å². The summed E-state index contributed by atoms with van der Waals surface area (Å²) in [5.74, 6) is -0.168. The molecule has 0 radical (unpaired) electrons. The van der Waals surface area contributed by atoms with Gasteiger partial charge in [0.05, 0.1) is 16.3 Å². The van der Waals surface area contributed by atoms with Crippen molar-refractivity contribution in [3.63, 3.8) is 0 Å². The van der Waals surface area contributed by atoms with Gasteiger partial charge in [-0.25, -0.2) is 0 Å². The van der Waals surface area contributed by atoms with Gasteiger partial charge in [-0.1, -0.05) is 23.7 Å². The van der Waals surface area contributed by atoms with Crippen LogP contribution >= 0.6 is 11.6 Å². The van der Waals surface area contributed by atoms with E-state index in [0.29, 0.717) is 36.6 Å². The van der Waals surface area contributed by atoms with Crippen molar-refractivity contribution in [2.45, 2.75) is 12.8 Å². The Hall–Kier alpha value is -2.84. The first-order valence-corrected chi connectivity index (χ1v) is 11.3. The minimum atomic E-state index is -0.354. The Morgan fingerprint density at radius 3 is 2.34 bits per heavy atom. The second-order valence-electron chi connectivity index (χ2n) is 8.45. The number of piperidine rings is 1. The Kier molecular flexibility index (Phi) is 6.81. The molecule has 2 aromatic carbocycles. The summed E-state index contributed by atoms with van der Waals surface area (Å²) >= 11 is 6.24. The van der Waals surface area contributed by atoms with Crippen LogP contribution in [0.2, 0.25) is 5.02 Å². The summed E-state index contributed by atoms with van der Waals surface area (Å²) in [4.78, 5) is 30.6. The molecule has 0 aromatic heterocycles. The molecule has 2 aliphatic rings. The van der Waals surface area contributed by atoms with Crippen LogP contribution in [0, 0.1) is 16.0 Å². The lowest BCUT2D eigenvalue weighted by molar-refractivity contribution is -0.384. The molecule has 9 heteroatoms. The summed E-state index contributed by atoms with van der Waals surface area (Å²) < 4.78 is 0. The molecule has 2 fully saturated rings. The van der Waals surface area contributed by atoms with Gasteiger partial charge in [0.25, 0.3) is 5.69 Å². The van der Waals surface area contributed by atoms with Crippen LogP contribution in [0.25, 0.3) is 0 Å². The number of amides is 1. The second-order valence-corrected chi connectivity index (χ2v) is 8.88. The maximum absolute atomic E-state index is 13.1. The Morgan fingerprint density at radius 2 is 1.66 bits per heavy atom. The number of piperazine rings is 1. The van der Waals surface area contributed by atoms with Crippen LogP contribution in [0.3, 0.4) is 0 Å². The lowest BCUT2D eigenvalue weighted by Crippen LogP contribution is -2.45. The number of likely N-dealkylation sites (N-methyl/N-ethyl adjacent to an activating group) is 1. The van der Waals surface area contributed by atoms with Gasteiger partial charge in [0.1, 0.15) is 5.69 Å². The maximum atomic E-state index is 13.1. The molecule has 2 aromatic rings. The molecule has 0 unspecified atom stereocenters. The lowest BCUT2D eigenvalue weighted by atomic mass is 9.95. The van der Waals surface area contributed by atoms with Crippen molar-refractivity contribution in [1.82, 2.24) is 4.90 Å². The van der Waals surface area contributed by atoms with Crippen LogP contribution < -0.4 is 15.1 Å². The van der Waals surface area contributed by atoms with Crippen molar-refractivity contribution in [2.75, 3.05) is 61.4 Å². The highest BCUT2D eigenvalue weighted by atomic mass is 35.5.